The number of rotatable bonds is 6. The summed E-state index contributed by atoms with van der Waals surface area (Å²) >= 11 is 1.32. The smallest absolute Gasteiger partial charge is 0.343 e. The minimum atomic E-state index is -0.194. The normalized spacial score (nSPS) is 10.6. The van der Waals surface area contributed by atoms with E-state index >= 15 is 0 Å². The maximum Gasteiger partial charge on any atom is 0.343 e. The number of aromatic nitrogens is 5. The van der Waals surface area contributed by atoms with Crippen LogP contribution >= 0.6 is 11.8 Å². The second-order valence-corrected chi connectivity index (χ2v) is 4.83. The molecule has 19 heavy (non-hydrogen) atoms. The Balaban J connectivity index is 2.21. The lowest BCUT2D eigenvalue weighted by molar-refractivity contribution is 0.603. The van der Waals surface area contributed by atoms with Crippen LogP contribution in [0.1, 0.15) is 20.3 Å². The summed E-state index contributed by atoms with van der Waals surface area (Å²) in [6, 6.07) is 0. The highest BCUT2D eigenvalue weighted by atomic mass is 32.2. The van der Waals surface area contributed by atoms with E-state index in [9.17, 15) is 4.79 Å². The quantitative estimate of drug-likeness (QED) is 0.830. The van der Waals surface area contributed by atoms with Gasteiger partial charge in [0, 0.05) is 13.1 Å². The van der Waals surface area contributed by atoms with E-state index in [0.717, 1.165) is 13.0 Å². The fourth-order valence-electron chi connectivity index (χ4n) is 1.56. The summed E-state index contributed by atoms with van der Waals surface area (Å²) in [7, 11) is 0. The first-order chi connectivity index (χ1) is 9.24. The van der Waals surface area contributed by atoms with Crippen LogP contribution in [0.25, 0.3) is 0 Å². The lowest BCUT2D eigenvalue weighted by atomic mass is 10.5. The molecule has 2 heterocycles. The van der Waals surface area contributed by atoms with E-state index in [1.165, 1.54) is 11.8 Å². The minimum absolute atomic E-state index is 0.194. The largest absolute Gasteiger partial charge is 0.369 e. The molecule has 0 aromatic carbocycles. The fraction of sp³-hybridized carbons (Fsp3) is 0.455. The van der Waals surface area contributed by atoms with Crippen LogP contribution in [0, 0.1) is 0 Å². The summed E-state index contributed by atoms with van der Waals surface area (Å²) in [5.74, 6) is 0.715. The van der Waals surface area contributed by atoms with E-state index < -0.39 is 0 Å². The molecule has 2 aromatic rings. The number of nitrogens with zero attached hydrogens (tertiary/aromatic N) is 4. The van der Waals surface area contributed by atoms with Gasteiger partial charge in [0.2, 0.25) is 0 Å². The van der Waals surface area contributed by atoms with Gasteiger partial charge < -0.3 is 5.32 Å². The van der Waals surface area contributed by atoms with Crippen molar-refractivity contribution in [2.75, 3.05) is 11.9 Å². The van der Waals surface area contributed by atoms with E-state index in [2.05, 4.69) is 25.5 Å². The number of hydrogen-bond acceptors (Lipinski definition) is 6. The maximum atomic E-state index is 11.6. The molecule has 0 aliphatic carbocycles. The van der Waals surface area contributed by atoms with Crippen LogP contribution in [0.15, 0.2) is 27.4 Å². The van der Waals surface area contributed by atoms with Gasteiger partial charge in [0.25, 0.3) is 0 Å². The van der Waals surface area contributed by atoms with E-state index in [1.807, 2.05) is 13.8 Å². The van der Waals surface area contributed by atoms with Crippen molar-refractivity contribution in [2.24, 2.45) is 0 Å². The van der Waals surface area contributed by atoms with Gasteiger partial charge in [-0.25, -0.2) is 14.9 Å². The summed E-state index contributed by atoms with van der Waals surface area (Å²) in [5, 5.41) is 10.9. The van der Waals surface area contributed by atoms with Crippen LogP contribution in [0.4, 0.5) is 5.82 Å². The first-order valence-corrected chi connectivity index (χ1v) is 6.95. The van der Waals surface area contributed by atoms with Gasteiger partial charge in [-0.3, -0.25) is 9.55 Å². The number of H-pyrrole nitrogens is 1. The number of anilines is 1. The Bertz CT molecular complexity index is 593. The van der Waals surface area contributed by atoms with E-state index in [-0.39, 0.29) is 5.69 Å². The molecule has 2 N–H and O–H groups in total. The highest BCUT2D eigenvalue weighted by Gasteiger charge is 2.10. The van der Waals surface area contributed by atoms with Crippen molar-refractivity contribution in [1.29, 1.82) is 0 Å². The Morgan fingerprint density at radius 1 is 1.42 bits per heavy atom. The second-order valence-electron chi connectivity index (χ2n) is 3.84. The second kappa shape index (κ2) is 6.37. The number of hydrogen-bond donors (Lipinski definition) is 2. The molecule has 0 unspecified atom stereocenters. The van der Waals surface area contributed by atoms with Gasteiger partial charge in [0.1, 0.15) is 10.8 Å². The molecule has 0 saturated heterocycles. The number of nitrogens with one attached hydrogen (secondary N) is 2. The van der Waals surface area contributed by atoms with Crippen LogP contribution in [0.2, 0.25) is 0 Å². The van der Waals surface area contributed by atoms with Gasteiger partial charge in [-0.15, -0.1) is 5.10 Å². The van der Waals surface area contributed by atoms with Crippen molar-refractivity contribution in [1.82, 2.24) is 24.7 Å². The third-order valence-electron chi connectivity index (χ3n) is 2.34. The van der Waals surface area contributed by atoms with Crippen LogP contribution in [0.3, 0.4) is 0 Å². The van der Waals surface area contributed by atoms with Gasteiger partial charge >= 0.3 is 5.69 Å². The molecule has 0 spiro atoms. The third kappa shape index (κ3) is 3.34. The summed E-state index contributed by atoms with van der Waals surface area (Å²) in [4.78, 5) is 20.1. The van der Waals surface area contributed by atoms with Crippen molar-refractivity contribution in [3.05, 3.63) is 22.9 Å². The summed E-state index contributed by atoms with van der Waals surface area (Å²) in [6.45, 7) is 5.43. The molecule has 0 radical (unpaired) electrons. The first kappa shape index (κ1) is 13.6. The predicted molar refractivity (Wildman–Crippen MR) is 73.5 cm³/mol. The summed E-state index contributed by atoms with van der Waals surface area (Å²) < 4.78 is 1.60. The Labute approximate surface area is 114 Å². The van der Waals surface area contributed by atoms with Gasteiger partial charge in [-0.1, -0.05) is 6.92 Å². The van der Waals surface area contributed by atoms with E-state index in [4.69, 9.17) is 0 Å². The van der Waals surface area contributed by atoms with Crippen LogP contribution < -0.4 is 11.0 Å². The standard InChI is InChI=1S/C11H16N6OS/c1-3-5-17-10(18)15-16-11(17)19-9-7-12-6-8(14-9)13-4-2/h6-7H,3-5H2,1-2H3,(H,13,14)(H,15,18). The molecule has 0 aliphatic rings. The molecule has 102 valence electrons. The van der Waals surface area contributed by atoms with Crippen molar-refractivity contribution in [3.63, 3.8) is 0 Å². The zero-order valence-electron chi connectivity index (χ0n) is 10.9. The van der Waals surface area contributed by atoms with Crippen LogP contribution in [-0.4, -0.2) is 31.3 Å². The van der Waals surface area contributed by atoms with Crippen molar-refractivity contribution >= 4 is 17.6 Å². The van der Waals surface area contributed by atoms with E-state index in [0.29, 0.717) is 22.5 Å². The first-order valence-electron chi connectivity index (χ1n) is 6.13. The molecule has 7 nitrogen and oxygen atoms in total. The third-order valence-corrected chi connectivity index (χ3v) is 3.24. The summed E-state index contributed by atoms with van der Waals surface area (Å²) in [6.07, 6.45) is 4.19. The Kier molecular flexibility index (Phi) is 4.56. The predicted octanol–water partition coefficient (Wildman–Crippen LogP) is 1.35. The molecule has 0 fully saturated rings. The van der Waals surface area contributed by atoms with Crippen LogP contribution in [0.5, 0.6) is 0 Å². The molecule has 0 saturated carbocycles. The number of aromatic amines is 1. The van der Waals surface area contributed by atoms with Gasteiger partial charge in [-0.05, 0) is 25.1 Å². The fourth-order valence-corrected chi connectivity index (χ4v) is 2.38. The van der Waals surface area contributed by atoms with Gasteiger partial charge in [0.15, 0.2) is 5.16 Å². The topological polar surface area (TPSA) is 88.5 Å². The Hall–Kier alpha value is -1.83. The molecular formula is C11H16N6OS. The van der Waals surface area contributed by atoms with Crippen molar-refractivity contribution in [3.8, 4) is 0 Å². The highest BCUT2D eigenvalue weighted by Crippen LogP contribution is 2.23. The molecule has 0 atom stereocenters. The minimum Gasteiger partial charge on any atom is -0.369 e. The van der Waals surface area contributed by atoms with E-state index in [1.54, 1.807) is 17.0 Å². The zero-order valence-corrected chi connectivity index (χ0v) is 11.7. The molecule has 8 heteroatoms. The maximum absolute atomic E-state index is 11.6. The lowest BCUT2D eigenvalue weighted by Gasteiger charge is -2.05. The Morgan fingerprint density at radius 3 is 3.00 bits per heavy atom. The molecule has 0 aliphatic heterocycles. The summed E-state index contributed by atoms with van der Waals surface area (Å²) in [5.41, 5.74) is -0.194. The van der Waals surface area contributed by atoms with Gasteiger partial charge in [0.05, 0.1) is 12.4 Å². The SMILES string of the molecule is CCCn1c(Sc2cncc(NCC)n2)n[nH]c1=O. The average Bonchev–Trinajstić information content (AvgIpc) is 2.73. The molecule has 0 bridgehead atoms. The van der Waals surface area contributed by atoms with Crippen LogP contribution in [-0.2, 0) is 6.54 Å². The molecule has 0 amide bonds. The van der Waals surface area contributed by atoms with Crippen molar-refractivity contribution in [2.45, 2.75) is 37.0 Å². The highest BCUT2D eigenvalue weighted by molar-refractivity contribution is 7.99. The molecule has 2 rings (SSSR count). The molecular weight excluding hydrogens is 264 g/mol. The lowest BCUT2D eigenvalue weighted by Crippen LogP contribution is -2.17. The van der Waals surface area contributed by atoms with Crippen molar-refractivity contribution < 1.29 is 0 Å². The zero-order chi connectivity index (χ0) is 13.7. The monoisotopic (exact) mass is 280 g/mol. The molecule has 2 aromatic heterocycles. The van der Waals surface area contributed by atoms with Gasteiger partial charge in [-0.2, -0.15) is 0 Å². The average molecular weight is 280 g/mol. The Morgan fingerprint density at radius 2 is 2.26 bits per heavy atom.